The van der Waals surface area contributed by atoms with Gasteiger partial charge in [-0.3, -0.25) is 19.6 Å². The first-order valence-electron chi connectivity index (χ1n) is 7.38. The summed E-state index contributed by atoms with van der Waals surface area (Å²) in [7, 11) is 0. The molecule has 4 fully saturated rings. The van der Waals surface area contributed by atoms with Crippen LogP contribution >= 0.6 is 0 Å². The summed E-state index contributed by atoms with van der Waals surface area (Å²) in [5.74, 6) is 0. The van der Waals surface area contributed by atoms with E-state index >= 15 is 0 Å². The molecule has 1 aromatic rings. The Morgan fingerprint density at radius 2 is 1.25 bits per heavy atom. The zero-order valence-electron chi connectivity index (χ0n) is 12.3. The van der Waals surface area contributed by atoms with Crippen molar-refractivity contribution in [2.45, 2.75) is 13.3 Å². The third-order valence-corrected chi connectivity index (χ3v) is 3.83. The van der Waals surface area contributed by atoms with Gasteiger partial charge in [0.25, 0.3) is 0 Å². The number of rotatable bonds is 2. The summed E-state index contributed by atoms with van der Waals surface area (Å²) in [4.78, 5) is 9.88. The van der Waals surface area contributed by atoms with Crippen molar-refractivity contribution in [2.24, 2.45) is 0 Å². The summed E-state index contributed by atoms with van der Waals surface area (Å²) in [6.07, 6.45) is 5.29. The van der Waals surface area contributed by atoms with Crippen molar-refractivity contribution in [1.29, 1.82) is 0 Å². The molecule has 1 aromatic carbocycles. The van der Waals surface area contributed by atoms with Crippen molar-refractivity contribution < 1.29 is 0 Å². The summed E-state index contributed by atoms with van der Waals surface area (Å²) < 4.78 is 0. The molecule has 0 aliphatic carbocycles. The molecule has 0 amide bonds. The summed E-state index contributed by atoms with van der Waals surface area (Å²) in [6.45, 7) is 9.17. The zero-order valence-corrected chi connectivity index (χ0v) is 12.3. The van der Waals surface area contributed by atoms with Gasteiger partial charge >= 0.3 is 0 Å². The second kappa shape index (κ2) is 6.50. The van der Waals surface area contributed by atoms with Gasteiger partial charge in [0.2, 0.25) is 0 Å². The van der Waals surface area contributed by atoms with Gasteiger partial charge in [0.05, 0.1) is 40.0 Å². The molecule has 0 spiro atoms. The number of benzene rings is 1. The Hall–Kier alpha value is -1.20. The Morgan fingerprint density at radius 3 is 1.65 bits per heavy atom. The third kappa shape index (κ3) is 3.46. The first kappa shape index (κ1) is 13.8. The molecule has 4 bridgehead atoms. The average molecular weight is 272 g/mol. The lowest BCUT2D eigenvalue weighted by atomic mass is 10.1. The molecule has 4 nitrogen and oxygen atoms in total. The lowest BCUT2D eigenvalue weighted by molar-refractivity contribution is -0.194. The van der Waals surface area contributed by atoms with E-state index in [1.54, 1.807) is 0 Å². The Kier molecular flexibility index (Phi) is 4.47. The number of hydrogen-bond donors (Lipinski definition) is 0. The minimum Gasteiger partial charge on any atom is -0.264 e. The van der Waals surface area contributed by atoms with Crippen LogP contribution in [0.2, 0.25) is 0 Å². The third-order valence-electron chi connectivity index (χ3n) is 3.83. The van der Waals surface area contributed by atoms with Gasteiger partial charge in [0, 0.05) is 0 Å². The molecule has 4 aliphatic heterocycles. The van der Waals surface area contributed by atoms with Crippen LogP contribution < -0.4 is 0 Å². The van der Waals surface area contributed by atoms with Gasteiger partial charge in [-0.2, -0.15) is 0 Å². The topological polar surface area (TPSA) is 13.0 Å². The van der Waals surface area contributed by atoms with E-state index in [1.807, 2.05) is 13.0 Å². The second-order valence-electron chi connectivity index (χ2n) is 5.79. The van der Waals surface area contributed by atoms with E-state index in [0.29, 0.717) is 0 Å². The highest BCUT2D eigenvalue weighted by atomic mass is 15.7. The lowest BCUT2D eigenvalue weighted by Crippen LogP contribution is -2.71. The van der Waals surface area contributed by atoms with E-state index in [1.165, 1.54) is 45.6 Å². The Morgan fingerprint density at radius 1 is 0.800 bits per heavy atom. The van der Waals surface area contributed by atoms with Gasteiger partial charge in [0.1, 0.15) is 0 Å². The zero-order chi connectivity index (χ0) is 13.8. The maximum atomic E-state index is 2.47. The molecule has 0 saturated carbocycles. The molecule has 4 saturated heterocycles. The van der Waals surface area contributed by atoms with Crippen molar-refractivity contribution in [3.05, 3.63) is 48.0 Å². The van der Waals surface area contributed by atoms with Crippen LogP contribution in [0.25, 0.3) is 0 Å². The highest BCUT2D eigenvalue weighted by Crippen LogP contribution is 2.20. The van der Waals surface area contributed by atoms with Crippen LogP contribution in [0.15, 0.2) is 42.5 Å². The maximum absolute atomic E-state index is 2.47. The Balaban J connectivity index is 0.000000121. The predicted molar refractivity (Wildman–Crippen MR) is 81.5 cm³/mol. The Bertz CT molecular complexity index is 387. The fourth-order valence-corrected chi connectivity index (χ4v) is 3.10. The molecule has 4 heterocycles. The minimum absolute atomic E-state index is 1.05. The lowest BCUT2D eigenvalue weighted by Gasteiger charge is -2.56. The van der Waals surface area contributed by atoms with E-state index in [-0.39, 0.29) is 0 Å². The smallest absolute Gasteiger partial charge is 0.0555 e. The van der Waals surface area contributed by atoms with Crippen LogP contribution in [0, 0.1) is 0 Å². The van der Waals surface area contributed by atoms with Crippen molar-refractivity contribution in [2.75, 3.05) is 40.0 Å². The molecule has 20 heavy (non-hydrogen) atoms. The molecule has 108 valence electrons. The number of nitrogens with zero attached hydrogens (tertiary/aromatic N) is 4. The van der Waals surface area contributed by atoms with Crippen LogP contribution in [0.5, 0.6) is 0 Å². The molecule has 0 unspecified atom stereocenters. The van der Waals surface area contributed by atoms with Crippen LogP contribution in [-0.2, 0) is 6.42 Å². The van der Waals surface area contributed by atoms with E-state index in [2.05, 4.69) is 56.0 Å². The molecule has 4 aliphatic rings. The normalized spacial score (nSPS) is 34.0. The first-order valence-corrected chi connectivity index (χ1v) is 7.38. The fourth-order valence-electron chi connectivity index (χ4n) is 3.10. The Labute approximate surface area is 121 Å². The average Bonchev–Trinajstić information content (AvgIpc) is 2.45. The van der Waals surface area contributed by atoms with E-state index in [4.69, 9.17) is 0 Å². The highest BCUT2D eigenvalue weighted by molar-refractivity contribution is 5.17. The SMILES string of the molecule is C/C=C/Cc1ccccc1.C1N2CN3CN1CN(C2)C3. The molecule has 4 heteroatoms. The molecule has 0 N–H and O–H groups in total. The van der Waals surface area contributed by atoms with Gasteiger partial charge in [0.15, 0.2) is 0 Å². The summed E-state index contributed by atoms with van der Waals surface area (Å²) in [5.41, 5.74) is 1.38. The largest absolute Gasteiger partial charge is 0.264 e. The van der Waals surface area contributed by atoms with Crippen molar-refractivity contribution in [3.63, 3.8) is 0 Å². The van der Waals surface area contributed by atoms with Gasteiger partial charge < -0.3 is 0 Å². The standard InChI is InChI=1S/C10H12.C6H12N4/c1-2-3-7-10-8-5-4-6-9-10;1-7-2-9-4-8(1)5-10(3-7)6-9/h2-6,8-9H,7H2,1H3;1-6H2/b3-2+;. The summed E-state index contributed by atoms with van der Waals surface area (Å²) in [6, 6.07) is 10.5. The van der Waals surface area contributed by atoms with Gasteiger partial charge in [-0.05, 0) is 18.9 Å². The van der Waals surface area contributed by atoms with Crippen LogP contribution in [0.4, 0.5) is 0 Å². The van der Waals surface area contributed by atoms with Crippen molar-refractivity contribution in [1.82, 2.24) is 19.6 Å². The second-order valence-corrected chi connectivity index (χ2v) is 5.79. The van der Waals surface area contributed by atoms with Crippen LogP contribution in [0.3, 0.4) is 0 Å². The quantitative estimate of drug-likeness (QED) is 0.761. The van der Waals surface area contributed by atoms with Crippen molar-refractivity contribution in [3.8, 4) is 0 Å². The first-order chi connectivity index (χ1) is 9.83. The molecule has 0 atom stereocenters. The van der Waals surface area contributed by atoms with Crippen molar-refractivity contribution >= 4 is 0 Å². The summed E-state index contributed by atoms with van der Waals surface area (Å²) in [5, 5.41) is 0. The van der Waals surface area contributed by atoms with Gasteiger partial charge in [-0.15, -0.1) is 0 Å². The number of hydrogen-bond acceptors (Lipinski definition) is 4. The van der Waals surface area contributed by atoms with Gasteiger partial charge in [-0.25, -0.2) is 0 Å². The summed E-state index contributed by atoms with van der Waals surface area (Å²) >= 11 is 0. The van der Waals surface area contributed by atoms with Gasteiger partial charge in [-0.1, -0.05) is 42.5 Å². The minimum atomic E-state index is 1.05. The molecule has 0 aromatic heterocycles. The molecule has 5 rings (SSSR count). The fraction of sp³-hybridized carbons (Fsp3) is 0.500. The predicted octanol–water partition coefficient (Wildman–Crippen LogP) is 1.79. The highest BCUT2D eigenvalue weighted by Gasteiger charge is 2.36. The molecule has 0 radical (unpaired) electrons. The van der Waals surface area contributed by atoms with Crippen LogP contribution in [-0.4, -0.2) is 59.6 Å². The molecular formula is C16H24N4. The monoisotopic (exact) mass is 272 g/mol. The number of allylic oxidation sites excluding steroid dienone is 2. The van der Waals surface area contributed by atoms with E-state index in [0.717, 1.165) is 6.42 Å². The maximum Gasteiger partial charge on any atom is 0.0555 e. The van der Waals surface area contributed by atoms with Crippen LogP contribution in [0.1, 0.15) is 12.5 Å². The van der Waals surface area contributed by atoms with E-state index < -0.39 is 0 Å². The van der Waals surface area contributed by atoms with E-state index in [9.17, 15) is 0 Å². The molecular weight excluding hydrogens is 248 g/mol.